The van der Waals surface area contributed by atoms with Gasteiger partial charge in [0.25, 0.3) is 0 Å². The van der Waals surface area contributed by atoms with Crippen molar-refractivity contribution in [1.82, 2.24) is 10.6 Å². The minimum atomic E-state index is -0.387. The molecule has 0 spiro atoms. The summed E-state index contributed by atoms with van der Waals surface area (Å²) in [6, 6.07) is -0.340. The Morgan fingerprint density at radius 2 is 2.12 bits per heavy atom. The molecule has 1 amide bonds. The van der Waals surface area contributed by atoms with E-state index in [0.717, 1.165) is 25.7 Å². The third-order valence-electron chi connectivity index (χ3n) is 3.30. The maximum Gasteiger partial charge on any atom is 0.239 e. The first-order valence-corrected chi connectivity index (χ1v) is 6.07. The molecule has 0 radical (unpaired) electrons. The second-order valence-corrected chi connectivity index (χ2v) is 4.55. The number of carbonyl (C=O) groups is 1. The minimum absolute atomic E-state index is 0. The van der Waals surface area contributed by atoms with E-state index in [0.29, 0.717) is 19.8 Å². The predicted octanol–water partition coefficient (Wildman–Crippen LogP) is -0.184. The van der Waals surface area contributed by atoms with Gasteiger partial charge in [0.2, 0.25) is 5.91 Å². The molecule has 0 bridgehead atoms. The molecular formula is C11H21ClN2O3. The molecule has 17 heavy (non-hydrogen) atoms. The average molecular weight is 265 g/mol. The molecule has 2 aliphatic rings. The SMILES string of the molecule is Cl.O=C(N[C@@H]1CCCC[C@H]1O)C1COCCN1. The highest BCUT2D eigenvalue weighted by Crippen LogP contribution is 2.18. The van der Waals surface area contributed by atoms with Crippen molar-refractivity contribution >= 4 is 18.3 Å². The summed E-state index contributed by atoms with van der Waals surface area (Å²) in [7, 11) is 0. The van der Waals surface area contributed by atoms with Gasteiger partial charge in [-0.3, -0.25) is 4.79 Å². The van der Waals surface area contributed by atoms with Crippen molar-refractivity contribution in [2.24, 2.45) is 0 Å². The maximum absolute atomic E-state index is 11.8. The molecule has 1 aliphatic carbocycles. The van der Waals surface area contributed by atoms with E-state index in [1.165, 1.54) is 0 Å². The van der Waals surface area contributed by atoms with Gasteiger partial charge >= 0.3 is 0 Å². The second-order valence-electron chi connectivity index (χ2n) is 4.55. The molecule has 3 atom stereocenters. The molecule has 0 aromatic carbocycles. The third kappa shape index (κ3) is 4.10. The standard InChI is InChI=1S/C11H20N2O3.ClH/c14-10-4-2-1-3-8(10)13-11(15)9-7-16-6-5-12-9;/h8-10,12,14H,1-7H2,(H,13,15);1H/t8-,9?,10-;/m1./s1. The van der Waals surface area contributed by atoms with Crippen LogP contribution in [0.2, 0.25) is 0 Å². The Kier molecular flexibility index (Phi) is 6.19. The van der Waals surface area contributed by atoms with Gasteiger partial charge in [-0.1, -0.05) is 12.8 Å². The summed E-state index contributed by atoms with van der Waals surface area (Å²) < 4.78 is 5.23. The molecule has 2 rings (SSSR count). The van der Waals surface area contributed by atoms with Gasteiger partial charge in [0.15, 0.2) is 0 Å². The Hall–Kier alpha value is -0.360. The predicted molar refractivity (Wildman–Crippen MR) is 66.3 cm³/mol. The lowest BCUT2D eigenvalue weighted by molar-refractivity contribution is -0.127. The number of aliphatic hydroxyl groups excluding tert-OH is 1. The molecule has 1 saturated heterocycles. The molecule has 0 aromatic heterocycles. The van der Waals surface area contributed by atoms with E-state index in [9.17, 15) is 9.90 Å². The lowest BCUT2D eigenvalue weighted by Gasteiger charge is -2.31. The van der Waals surface area contributed by atoms with Crippen molar-refractivity contribution in [1.29, 1.82) is 0 Å². The number of amides is 1. The Balaban J connectivity index is 0.00000144. The van der Waals surface area contributed by atoms with Crippen LogP contribution in [0.4, 0.5) is 0 Å². The van der Waals surface area contributed by atoms with E-state index in [1.54, 1.807) is 0 Å². The molecule has 3 N–H and O–H groups in total. The average Bonchev–Trinajstić information content (AvgIpc) is 2.33. The van der Waals surface area contributed by atoms with Crippen LogP contribution in [0.25, 0.3) is 0 Å². The van der Waals surface area contributed by atoms with Gasteiger partial charge in [-0.25, -0.2) is 0 Å². The quantitative estimate of drug-likeness (QED) is 0.647. The first-order valence-electron chi connectivity index (χ1n) is 6.07. The number of halogens is 1. The van der Waals surface area contributed by atoms with Crippen LogP contribution >= 0.6 is 12.4 Å². The summed E-state index contributed by atoms with van der Waals surface area (Å²) in [4.78, 5) is 11.8. The van der Waals surface area contributed by atoms with Crippen LogP contribution in [-0.4, -0.2) is 49.0 Å². The Morgan fingerprint density at radius 1 is 1.35 bits per heavy atom. The van der Waals surface area contributed by atoms with E-state index in [-0.39, 0.29) is 36.5 Å². The Morgan fingerprint density at radius 3 is 2.76 bits per heavy atom. The summed E-state index contributed by atoms with van der Waals surface area (Å²) in [5, 5.41) is 15.8. The Labute approximate surface area is 108 Å². The topological polar surface area (TPSA) is 70.6 Å². The minimum Gasteiger partial charge on any atom is -0.391 e. The van der Waals surface area contributed by atoms with Gasteiger partial charge in [-0.15, -0.1) is 12.4 Å². The Bertz CT molecular complexity index is 247. The summed E-state index contributed by atoms with van der Waals surface area (Å²) in [6.45, 7) is 1.80. The highest BCUT2D eigenvalue weighted by atomic mass is 35.5. The van der Waals surface area contributed by atoms with Gasteiger partial charge in [-0.05, 0) is 12.8 Å². The largest absolute Gasteiger partial charge is 0.391 e. The molecule has 1 unspecified atom stereocenters. The van der Waals surface area contributed by atoms with Crippen LogP contribution in [-0.2, 0) is 9.53 Å². The molecule has 2 fully saturated rings. The fourth-order valence-electron chi connectivity index (χ4n) is 2.30. The molecule has 100 valence electrons. The van der Waals surface area contributed by atoms with E-state index in [2.05, 4.69) is 10.6 Å². The summed E-state index contributed by atoms with van der Waals surface area (Å²) >= 11 is 0. The number of carbonyl (C=O) groups excluding carboxylic acids is 1. The molecular weight excluding hydrogens is 244 g/mol. The van der Waals surface area contributed by atoms with Crippen LogP contribution < -0.4 is 10.6 Å². The van der Waals surface area contributed by atoms with Crippen LogP contribution in [0.3, 0.4) is 0 Å². The van der Waals surface area contributed by atoms with E-state index in [4.69, 9.17) is 4.74 Å². The van der Waals surface area contributed by atoms with E-state index in [1.807, 2.05) is 0 Å². The lowest BCUT2D eigenvalue weighted by atomic mass is 9.92. The first kappa shape index (κ1) is 14.7. The molecule has 1 aliphatic heterocycles. The molecule has 1 saturated carbocycles. The van der Waals surface area contributed by atoms with E-state index < -0.39 is 0 Å². The van der Waals surface area contributed by atoms with Crippen molar-refractivity contribution in [3.05, 3.63) is 0 Å². The smallest absolute Gasteiger partial charge is 0.239 e. The molecule has 5 nitrogen and oxygen atoms in total. The van der Waals surface area contributed by atoms with Crippen LogP contribution in [0.1, 0.15) is 25.7 Å². The second kappa shape index (κ2) is 7.16. The zero-order valence-electron chi connectivity index (χ0n) is 9.85. The number of ether oxygens (including phenoxy) is 1. The number of morpholine rings is 1. The van der Waals surface area contributed by atoms with Crippen molar-refractivity contribution in [2.75, 3.05) is 19.8 Å². The third-order valence-corrected chi connectivity index (χ3v) is 3.30. The van der Waals surface area contributed by atoms with Crippen LogP contribution in [0.5, 0.6) is 0 Å². The van der Waals surface area contributed by atoms with Gasteiger partial charge in [0, 0.05) is 6.54 Å². The molecule has 6 heteroatoms. The number of hydrogen-bond acceptors (Lipinski definition) is 4. The monoisotopic (exact) mass is 264 g/mol. The summed E-state index contributed by atoms with van der Waals surface area (Å²) in [5.74, 6) is -0.0503. The maximum atomic E-state index is 11.8. The fourth-order valence-corrected chi connectivity index (χ4v) is 2.30. The lowest BCUT2D eigenvalue weighted by Crippen LogP contribution is -2.55. The van der Waals surface area contributed by atoms with Gasteiger partial charge in [-0.2, -0.15) is 0 Å². The highest BCUT2D eigenvalue weighted by Gasteiger charge is 2.28. The number of aliphatic hydroxyl groups is 1. The molecule has 0 aromatic rings. The number of nitrogens with one attached hydrogen (secondary N) is 2. The van der Waals surface area contributed by atoms with Crippen LogP contribution in [0.15, 0.2) is 0 Å². The van der Waals surface area contributed by atoms with Gasteiger partial charge < -0.3 is 20.5 Å². The summed E-state index contributed by atoms with van der Waals surface area (Å²) in [6.07, 6.45) is 3.41. The van der Waals surface area contributed by atoms with E-state index >= 15 is 0 Å². The highest BCUT2D eigenvalue weighted by molar-refractivity contribution is 5.85. The van der Waals surface area contributed by atoms with Gasteiger partial charge in [0.1, 0.15) is 6.04 Å². The van der Waals surface area contributed by atoms with Crippen molar-refractivity contribution in [3.63, 3.8) is 0 Å². The van der Waals surface area contributed by atoms with Crippen molar-refractivity contribution in [3.8, 4) is 0 Å². The number of rotatable bonds is 2. The fraction of sp³-hybridized carbons (Fsp3) is 0.909. The molecule has 1 heterocycles. The zero-order chi connectivity index (χ0) is 11.4. The normalized spacial score (nSPS) is 33.6. The van der Waals surface area contributed by atoms with Crippen LogP contribution in [0, 0.1) is 0 Å². The zero-order valence-corrected chi connectivity index (χ0v) is 10.7. The van der Waals surface area contributed by atoms with Crippen molar-refractivity contribution in [2.45, 2.75) is 43.9 Å². The number of hydrogen-bond donors (Lipinski definition) is 3. The van der Waals surface area contributed by atoms with Crippen molar-refractivity contribution < 1.29 is 14.6 Å². The van der Waals surface area contributed by atoms with Gasteiger partial charge in [0.05, 0.1) is 25.4 Å². The first-order chi connectivity index (χ1) is 7.77. The summed E-state index contributed by atoms with van der Waals surface area (Å²) in [5.41, 5.74) is 0.